The first kappa shape index (κ1) is 17.0. The first-order chi connectivity index (χ1) is 9.37. The Hall–Kier alpha value is -1.04. The summed E-state index contributed by atoms with van der Waals surface area (Å²) in [6, 6.07) is 0. The smallest absolute Gasteiger partial charge is 0.407 e. The average Bonchev–Trinajstić information content (AvgIpc) is 2.71. The van der Waals surface area contributed by atoms with Gasteiger partial charge in [-0.25, -0.2) is 4.79 Å². The largest absolute Gasteiger partial charge is 0.444 e. The molecule has 0 saturated carbocycles. The summed E-state index contributed by atoms with van der Waals surface area (Å²) in [4.78, 5) is 11.4. The molecule has 20 heavy (non-hydrogen) atoms. The van der Waals surface area contributed by atoms with Gasteiger partial charge in [0.05, 0.1) is 10.7 Å². The van der Waals surface area contributed by atoms with Crippen molar-refractivity contribution in [3.63, 3.8) is 0 Å². The lowest BCUT2D eigenvalue weighted by molar-refractivity contribution is 0.0527. The highest BCUT2D eigenvalue weighted by molar-refractivity contribution is 9.10. The fourth-order valence-corrected chi connectivity index (χ4v) is 2.05. The van der Waals surface area contributed by atoms with Crippen LogP contribution in [0.5, 0.6) is 0 Å². The molecule has 6 heteroatoms. The number of aromatic nitrogens is 2. The normalized spacial score (nSPS) is 11.4. The summed E-state index contributed by atoms with van der Waals surface area (Å²) in [5.41, 5.74) is -0.428. The fourth-order valence-electron chi connectivity index (χ4n) is 1.72. The number of carbonyl (C=O) groups is 1. The number of carbonyl (C=O) groups excluding carboxylic acids is 1. The third-order valence-electron chi connectivity index (χ3n) is 2.58. The van der Waals surface area contributed by atoms with Gasteiger partial charge in [0.25, 0.3) is 0 Å². The topological polar surface area (TPSA) is 56.1 Å². The Kier molecular flexibility index (Phi) is 7.05. The lowest BCUT2D eigenvalue weighted by Crippen LogP contribution is -2.32. The van der Waals surface area contributed by atoms with E-state index in [2.05, 4.69) is 26.3 Å². The molecule has 0 aliphatic heterocycles. The molecular weight excluding hydrogens is 322 g/mol. The van der Waals surface area contributed by atoms with E-state index in [1.807, 2.05) is 31.6 Å². The second kappa shape index (κ2) is 8.29. The minimum atomic E-state index is -0.428. The van der Waals surface area contributed by atoms with Gasteiger partial charge in [-0.15, -0.1) is 0 Å². The molecule has 0 atom stereocenters. The molecule has 0 fully saturated rings. The van der Waals surface area contributed by atoms with Gasteiger partial charge in [0.2, 0.25) is 0 Å². The van der Waals surface area contributed by atoms with E-state index in [1.165, 1.54) is 0 Å². The SMILES string of the molecule is CC(C)(C)OC(=O)NCCCCCCn1cc(Br)cn1. The van der Waals surface area contributed by atoms with Crippen LogP contribution < -0.4 is 5.32 Å². The summed E-state index contributed by atoms with van der Waals surface area (Å²) in [5, 5.41) is 6.97. The van der Waals surface area contributed by atoms with Crippen LogP contribution in [0.25, 0.3) is 0 Å². The van der Waals surface area contributed by atoms with Gasteiger partial charge < -0.3 is 10.1 Å². The number of nitrogens with one attached hydrogen (secondary N) is 1. The number of amides is 1. The second-order valence-corrected chi connectivity index (χ2v) is 6.68. The first-order valence-electron chi connectivity index (χ1n) is 7.01. The number of rotatable bonds is 7. The molecule has 114 valence electrons. The van der Waals surface area contributed by atoms with Crippen LogP contribution in [-0.2, 0) is 11.3 Å². The van der Waals surface area contributed by atoms with E-state index in [1.54, 1.807) is 6.20 Å². The van der Waals surface area contributed by atoms with Crippen molar-refractivity contribution in [2.75, 3.05) is 6.54 Å². The zero-order valence-electron chi connectivity index (χ0n) is 12.5. The van der Waals surface area contributed by atoms with Crippen LogP contribution in [0.4, 0.5) is 4.79 Å². The number of halogens is 1. The first-order valence-corrected chi connectivity index (χ1v) is 7.81. The molecule has 0 radical (unpaired) electrons. The lowest BCUT2D eigenvalue weighted by Gasteiger charge is -2.19. The standard InChI is InChI=1S/C14H24BrN3O2/c1-14(2,3)20-13(19)16-8-6-4-5-7-9-18-11-12(15)10-17-18/h10-11H,4-9H2,1-3H3,(H,16,19). The summed E-state index contributed by atoms with van der Waals surface area (Å²) in [7, 11) is 0. The van der Waals surface area contributed by atoms with Gasteiger partial charge in [0, 0.05) is 19.3 Å². The van der Waals surface area contributed by atoms with Crippen LogP contribution >= 0.6 is 15.9 Å². The number of alkyl carbamates (subject to hydrolysis) is 1. The van der Waals surface area contributed by atoms with Crippen molar-refractivity contribution in [3.8, 4) is 0 Å². The van der Waals surface area contributed by atoms with E-state index < -0.39 is 5.60 Å². The Labute approximate surface area is 129 Å². The highest BCUT2D eigenvalue weighted by atomic mass is 79.9. The summed E-state index contributed by atoms with van der Waals surface area (Å²) < 4.78 is 8.11. The third-order valence-corrected chi connectivity index (χ3v) is 2.99. The van der Waals surface area contributed by atoms with Gasteiger partial charge in [-0.1, -0.05) is 12.8 Å². The molecule has 5 nitrogen and oxygen atoms in total. The monoisotopic (exact) mass is 345 g/mol. The van der Waals surface area contributed by atoms with Crippen molar-refractivity contribution in [1.29, 1.82) is 0 Å². The molecule has 0 aromatic carbocycles. The highest BCUT2D eigenvalue weighted by Crippen LogP contribution is 2.08. The van der Waals surface area contributed by atoms with Crippen molar-refractivity contribution in [2.45, 2.75) is 58.6 Å². The highest BCUT2D eigenvalue weighted by Gasteiger charge is 2.15. The van der Waals surface area contributed by atoms with E-state index in [4.69, 9.17) is 4.74 Å². The molecular formula is C14H24BrN3O2. The molecule has 1 rings (SSSR count). The molecule has 0 spiro atoms. The molecule has 1 aromatic rings. The summed E-state index contributed by atoms with van der Waals surface area (Å²) >= 11 is 3.37. The predicted octanol–water partition coefficient (Wildman–Crippen LogP) is 3.73. The zero-order chi connectivity index (χ0) is 15.0. The summed E-state index contributed by atoms with van der Waals surface area (Å²) in [5.74, 6) is 0. The summed E-state index contributed by atoms with van der Waals surface area (Å²) in [6.45, 7) is 7.19. The number of aryl methyl sites for hydroxylation is 1. The van der Waals surface area contributed by atoms with Gasteiger partial charge in [-0.3, -0.25) is 4.68 Å². The van der Waals surface area contributed by atoms with Crippen LogP contribution in [0.15, 0.2) is 16.9 Å². The Morgan fingerprint density at radius 2 is 2.05 bits per heavy atom. The predicted molar refractivity (Wildman–Crippen MR) is 82.6 cm³/mol. The number of nitrogens with zero attached hydrogens (tertiary/aromatic N) is 2. The minimum absolute atomic E-state index is 0.334. The van der Waals surface area contributed by atoms with Crippen molar-refractivity contribution in [1.82, 2.24) is 15.1 Å². The summed E-state index contributed by atoms with van der Waals surface area (Å²) in [6.07, 6.45) is 7.74. The second-order valence-electron chi connectivity index (χ2n) is 5.76. The maximum atomic E-state index is 11.4. The molecule has 0 aliphatic rings. The van der Waals surface area contributed by atoms with Crippen LogP contribution in [0.1, 0.15) is 46.5 Å². The van der Waals surface area contributed by atoms with E-state index >= 15 is 0 Å². The van der Waals surface area contributed by atoms with E-state index in [0.717, 1.165) is 36.7 Å². The maximum absolute atomic E-state index is 11.4. The van der Waals surface area contributed by atoms with Gasteiger partial charge >= 0.3 is 6.09 Å². The lowest BCUT2D eigenvalue weighted by atomic mass is 10.2. The quantitative estimate of drug-likeness (QED) is 0.766. The van der Waals surface area contributed by atoms with Crippen molar-refractivity contribution < 1.29 is 9.53 Å². The van der Waals surface area contributed by atoms with Crippen LogP contribution in [0, 0.1) is 0 Å². The van der Waals surface area contributed by atoms with E-state index in [9.17, 15) is 4.79 Å². The molecule has 1 heterocycles. The average molecular weight is 346 g/mol. The minimum Gasteiger partial charge on any atom is -0.444 e. The van der Waals surface area contributed by atoms with Crippen LogP contribution in [0.3, 0.4) is 0 Å². The number of unbranched alkanes of at least 4 members (excludes halogenated alkanes) is 3. The molecule has 1 amide bonds. The van der Waals surface area contributed by atoms with E-state index in [-0.39, 0.29) is 6.09 Å². The van der Waals surface area contributed by atoms with Crippen molar-refractivity contribution >= 4 is 22.0 Å². The van der Waals surface area contributed by atoms with E-state index in [0.29, 0.717) is 6.54 Å². The van der Waals surface area contributed by atoms with Gasteiger partial charge in [0.1, 0.15) is 5.60 Å². The van der Waals surface area contributed by atoms with Crippen molar-refractivity contribution in [2.24, 2.45) is 0 Å². The third kappa shape index (κ3) is 8.19. The maximum Gasteiger partial charge on any atom is 0.407 e. The van der Waals surface area contributed by atoms with Gasteiger partial charge in [-0.2, -0.15) is 5.10 Å². The Balaban J connectivity index is 1.96. The molecule has 0 aliphatic carbocycles. The molecule has 1 N–H and O–H groups in total. The van der Waals surface area contributed by atoms with Crippen molar-refractivity contribution in [3.05, 3.63) is 16.9 Å². The number of ether oxygens (including phenoxy) is 1. The number of hydrogen-bond donors (Lipinski definition) is 1. The van der Waals surface area contributed by atoms with Gasteiger partial charge in [-0.05, 0) is 49.5 Å². The zero-order valence-corrected chi connectivity index (χ0v) is 14.1. The molecule has 1 aromatic heterocycles. The van der Waals surface area contributed by atoms with Crippen LogP contribution in [0.2, 0.25) is 0 Å². The fraction of sp³-hybridized carbons (Fsp3) is 0.714. The molecule has 0 unspecified atom stereocenters. The Bertz CT molecular complexity index is 413. The molecule has 0 bridgehead atoms. The Morgan fingerprint density at radius 3 is 2.65 bits per heavy atom. The number of hydrogen-bond acceptors (Lipinski definition) is 3. The van der Waals surface area contributed by atoms with Gasteiger partial charge in [0.15, 0.2) is 0 Å². The Morgan fingerprint density at radius 1 is 1.35 bits per heavy atom. The van der Waals surface area contributed by atoms with Crippen LogP contribution in [-0.4, -0.2) is 28.0 Å². The molecule has 0 saturated heterocycles.